The van der Waals surface area contributed by atoms with Crippen molar-refractivity contribution in [2.75, 3.05) is 13.2 Å². The number of hydrogen-bond donors (Lipinski definition) is 1. The van der Waals surface area contributed by atoms with E-state index in [0.29, 0.717) is 6.10 Å². The summed E-state index contributed by atoms with van der Waals surface area (Å²) in [5, 5.41) is 3.44. The van der Waals surface area contributed by atoms with E-state index in [2.05, 4.69) is 9.88 Å². The van der Waals surface area contributed by atoms with E-state index in [1.807, 2.05) is 0 Å². The van der Waals surface area contributed by atoms with Gasteiger partial charge >= 0.3 is 0 Å². The highest BCUT2D eigenvalue weighted by atomic mass is 16.5. The topological polar surface area (TPSA) is 39.1 Å². The minimum absolute atomic E-state index is 0.416. The van der Waals surface area contributed by atoms with Crippen LogP contribution in [0.5, 0.6) is 0 Å². The molecule has 4 nitrogen and oxygen atoms in total. The summed E-state index contributed by atoms with van der Waals surface area (Å²) in [6.45, 7) is 4.03. The molecule has 0 amide bonds. The first-order chi connectivity index (χ1) is 9.42. The first kappa shape index (κ1) is 11.9. The maximum atomic E-state index is 5.93. The van der Waals surface area contributed by atoms with Gasteiger partial charge in [0.05, 0.1) is 18.3 Å². The second kappa shape index (κ2) is 4.91. The number of rotatable bonds is 3. The largest absolute Gasteiger partial charge is 0.376 e. The van der Waals surface area contributed by atoms with Crippen molar-refractivity contribution in [3.63, 3.8) is 0 Å². The fraction of sp³-hybridized carbons (Fsp3) is 0.800. The van der Waals surface area contributed by atoms with Crippen LogP contribution in [-0.2, 0) is 24.2 Å². The van der Waals surface area contributed by atoms with Crippen LogP contribution in [0, 0.1) is 0 Å². The summed E-state index contributed by atoms with van der Waals surface area (Å²) < 4.78 is 8.45. The molecule has 0 spiro atoms. The summed E-state index contributed by atoms with van der Waals surface area (Å²) >= 11 is 0. The van der Waals surface area contributed by atoms with E-state index in [1.165, 1.54) is 49.3 Å². The molecule has 1 unspecified atom stereocenters. The van der Waals surface area contributed by atoms with Crippen LogP contribution in [0.3, 0.4) is 0 Å². The molecule has 104 valence electrons. The third-order valence-corrected chi connectivity index (χ3v) is 4.62. The van der Waals surface area contributed by atoms with Gasteiger partial charge in [-0.05, 0) is 32.1 Å². The van der Waals surface area contributed by atoms with Crippen LogP contribution >= 0.6 is 0 Å². The Morgan fingerprint density at radius 2 is 2.21 bits per heavy atom. The molecule has 1 N–H and O–H groups in total. The van der Waals surface area contributed by atoms with Gasteiger partial charge in [-0.25, -0.2) is 4.98 Å². The van der Waals surface area contributed by atoms with Crippen molar-refractivity contribution in [1.29, 1.82) is 0 Å². The van der Waals surface area contributed by atoms with E-state index in [0.717, 1.165) is 38.6 Å². The molecule has 1 atom stereocenters. The zero-order valence-electron chi connectivity index (χ0n) is 11.5. The van der Waals surface area contributed by atoms with Crippen LogP contribution < -0.4 is 5.32 Å². The molecule has 0 bridgehead atoms. The molecule has 3 aliphatic rings. The lowest BCUT2D eigenvalue weighted by molar-refractivity contribution is 0.00508. The number of ether oxygens (including phenoxy) is 1. The summed E-state index contributed by atoms with van der Waals surface area (Å²) in [6, 6.07) is 0. The number of nitrogens with zero attached hydrogens (tertiary/aromatic N) is 2. The second-order valence-electron chi connectivity index (χ2n) is 6.16. The molecule has 1 aromatic rings. The summed E-state index contributed by atoms with van der Waals surface area (Å²) in [6.07, 6.45) is 7.97. The molecule has 1 saturated carbocycles. The van der Waals surface area contributed by atoms with Gasteiger partial charge in [0.2, 0.25) is 0 Å². The van der Waals surface area contributed by atoms with Gasteiger partial charge in [0.15, 0.2) is 0 Å². The molecule has 0 radical (unpaired) electrons. The maximum absolute atomic E-state index is 5.93. The molecule has 1 aliphatic carbocycles. The molecule has 4 heteroatoms. The van der Waals surface area contributed by atoms with Gasteiger partial charge < -0.3 is 14.6 Å². The Balaban J connectivity index is 1.62. The fourth-order valence-corrected chi connectivity index (χ4v) is 3.40. The highest BCUT2D eigenvalue weighted by molar-refractivity contribution is 5.24. The first-order valence-electron chi connectivity index (χ1n) is 7.82. The summed E-state index contributed by atoms with van der Waals surface area (Å²) in [5.41, 5.74) is 2.78. The van der Waals surface area contributed by atoms with Gasteiger partial charge in [-0.1, -0.05) is 0 Å². The van der Waals surface area contributed by atoms with Crippen molar-refractivity contribution in [1.82, 2.24) is 14.9 Å². The lowest BCUT2D eigenvalue weighted by Gasteiger charge is -2.25. The van der Waals surface area contributed by atoms with Crippen LogP contribution in [0.2, 0.25) is 0 Å². The first-order valence-corrected chi connectivity index (χ1v) is 7.82. The van der Waals surface area contributed by atoms with E-state index in [1.54, 1.807) is 0 Å². The number of imidazole rings is 1. The third kappa shape index (κ3) is 2.32. The number of fused-ring (bicyclic) bond motifs is 1. The van der Waals surface area contributed by atoms with Gasteiger partial charge in [-0.15, -0.1) is 0 Å². The maximum Gasteiger partial charge on any atom is 0.112 e. The molecule has 2 fully saturated rings. The SMILES string of the molecule is C1CCC(Cn2c(C3CC3)nc3c2CCNC3)OC1. The number of hydrogen-bond acceptors (Lipinski definition) is 3. The molecular formula is C15H23N3O. The molecule has 1 saturated heterocycles. The second-order valence-corrected chi connectivity index (χ2v) is 6.16. The standard InChI is InChI=1S/C15H23N3O/c1-2-8-19-12(3-1)10-18-14-6-7-16-9-13(14)17-15(18)11-4-5-11/h11-12,16H,1-10H2. The lowest BCUT2D eigenvalue weighted by Crippen LogP contribution is -2.29. The van der Waals surface area contributed by atoms with E-state index >= 15 is 0 Å². The minimum Gasteiger partial charge on any atom is -0.376 e. The van der Waals surface area contributed by atoms with Crippen molar-refractivity contribution in [2.24, 2.45) is 0 Å². The molecule has 2 aliphatic heterocycles. The Labute approximate surface area is 114 Å². The smallest absolute Gasteiger partial charge is 0.112 e. The Morgan fingerprint density at radius 1 is 1.26 bits per heavy atom. The van der Waals surface area contributed by atoms with Crippen molar-refractivity contribution in [3.05, 3.63) is 17.2 Å². The monoisotopic (exact) mass is 261 g/mol. The average Bonchev–Trinajstić information content (AvgIpc) is 3.24. The van der Waals surface area contributed by atoms with Crippen LogP contribution in [0.25, 0.3) is 0 Å². The van der Waals surface area contributed by atoms with E-state index in [-0.39, 0.29) is 0 Å². The van der Waals surface area contributed by atoms with E-state index in [9.17, 15) is 0 Å². The summed E-state index contributed by atoms with van der Waals surface area (Å²) in [7, 11) is 0. The van der Waals surface area contributed by atoms with Crippen molar-refractivity contribution in [2.45, 2.75) is 63.6 Å². The van der Waals surface area contributed by atoms with Gasteiger partial charge in [0.1, 0.15) is 5.82 Å². The highest BCUT2D eigenvalue weighted by Crippen LogP contribution is 2.40. The lowest BCUT2D eigenvalue weighted by atomic mass is 10.1. The van der Waals surface area contributed by atoms with Crippen molar-refractivity contribution < 1.29 is 4.74 Å². The van der Waals surface area contributed by atoms with Crippen molar-refractivity contribution in [3.8, 4) is 0 Å². The zero-order chi connectivity index (χ0) is 12.7. The molecular weight excluding hydrogens is 238 g/mol. The zero-order valence-corrected chi connectivity index (χ0v) is 11.5. The van der Waals surface area contributed by atoms with Gasteiger partial charge in [0.25, 0.3) is 0 Å². The summed E-state index contributed by atoms with van der Waals surface area (Å²) in [4.78, 5) is 4.92. The van der Waals surface area contributed by atoms with Crippen molar-refractivity contribution >= 4 is 0 Å². The predicted octanol–water partition coefficient (Wildman–Crippen LogP) is 1.98. The molecule has 19 heavy (non-hydrogen) atoms. The summed E-state index contributed by atoms with van der Waals surface area (Å²) in [5.74, 6) is 2.08. The Kier molecular flexibility index (Phi) is 3.08. The Morgan fingerprint density at radius 3 is 3.00 bits per heavy atom. The fourth-order valence-electron chi connectivity index (χ4n) is 3.40. The highest BCUT2D eigenvalue weighted by Gasteiger charge is 2.32. The van der Waals surface area contributed by atoms with Crippen LogP contribution in [0.15, 0.2) is 0 Å². The van der Waals surface area contributed by atoms with Gasteiger partial charge in [-0.3, -0.25) is 0 Å². The van der Waals surface area contributed by atoms with Crippen LogP contribution in [0.1, 0.15) is 55.2 Å². The number of aromatic nitrogens is 2. The number of nitrogens with one attached hydrogen (secondary N) is 1. The van der Waals surface area contributed by atoms with E-state index < -0.39 is 0 Å². The quantitative estimate of drug-likeness (QED) is 0.904. The molecule has 0 aromatic carbocycles. The molecule has 4 rings (SSSR count). The normalized spacial score (nSPS) is 27.3. The third-order valence-electron chi connectivity index (χ3n) is 4.62. The molecule has 3 heterocycles. The minimum atomic E-state index is 0.416. The van der Waals surface area contributed by atoms with Crippen LogP contribution in [0.4, 0.5) is 0 Å². The van der Waals surface area contributed by atoms with Gasteiger partial charge in [-0.2, -0.15) is 0 Å². The van der Waals surface area contributed by atoms with Crippen LogP contribution in [-0.4, -0.2) is 28.8 Å². The Hall–Kier alpha value is -0.870. The van der Waals surface area contributed by atoms with E-state index in [4.69, 9.17) is 9.72 Å². The Bertz CT molecular complexity index is 458. The average molecular weight is 261 g/mol. The van der Waals surface area contributed by atoms with Gasteiger partial charge in [0, 0.05) is 37.7 Å². The molecule has 1 aromatic heterocycles. The predicted molar refractivity (Wildman–Crippen MR) is 73.2 cm³/mol.